The summed E-state index contributed by atoms with van der Waals surface area (Å²) in [6.07, 6.45) is -4.72. The van der Waals surface area contributed by atoms with Gasteiger partial charge in [-0.2, -0.15) is 18.3 Å². The Kier molecular flexibility index (Phi) is 6.55. The van der Waals surface area contributed by atoms with Gasteiger partial charge in [-0.25, -0.2) is 19.9 Å². The van der Waals surface area contributed by atoms with Crippen molar-refractivity contribution in [3.05, 3.63) is 95.1 Å². The van der Waals surface area contributed by atoms with E-state index < -0.39 is 23.8 Å². The minimum absolute atomic E-state index is 0.110. The van der Waals surface area contributed by atoms with Gasteiger partial charge in [0.05, 0.1) is 5.69 Å². The molecule has 192 valence electrons. The third kappa shape index (κ3) is 5.34. The van der Waals surface area contributed by atoms with Crippen molar-refractivity contribution in [2.75, 3.05) is 5.32 Å². The maximum absolute atomic E-state index is 13.9. The molecule has 0 saturated carbocycles. The highest BCUT2D eigenvalue weighted by Crippen LogP contribution is 2.35. The number of thiazole rings is 1. The Balaban J connectivity index is 1.34. The third-order valence-electron chi connectivity index (χ3n) is 5.55. The van der Waals surface area contributed by atoms with Gasteiger partial charge in [0.15, 0.2) is 5.69 Å². The monoisotopic (exact) mass is 536 g/mol. The summed E-state index contributed by atoms with van der Waals surface area (Å²) in [5.74, 6) is -0.804. The fourth-order valence-corrected chi connectivity index (χ4v) is 4.43. The van der Waals surface area contributed by atoms with Gasteiger partial charge in [0.25, 0.3) is 5.91 Å². The Morgan fingerprint density at radius 1 is 0.921 bits per heavy atom. The zero-order chi connectivity index (χ0) is 26.9. The molecule has 0 aliphatic carbocycles. The lowest BCUT2D eigenvalue weighted by atomic mass is 10.1. The number of urea groups is 1. The molecule has 2 aromatic heterocycles. The molecule has 0 saturated heterocycles. The normalized spacial score (nSPS) is 11.4. The molecule has 3 N–H and O–H groups in total. The highest BCUT2D eigenvalue weighted by atomic mass is 32.1. The van der Waals surface area contributed by atoms with E-state index in [0.717, 1.165) is 33.7 Å². The van der Waals surface area contributed by atoms with E-state index in [-0.39, 0.29) is 16.5 Å². The first-order chi connectivity index (χ1) is 18.2. The lowest BCUT2D eigenvalue weighted by Crippen LogP contribution is -2.44. The van der Waals surface area contributed by atoms with E-state index >= 15 is 0 Å². The largest absolute Gasteiger partial charge is 0.433 e. The van der Waals surface area contributed by atoms with Crippen LogP contribution in [-0.2, 0) is 6.18 Å². The van der Waals surface area contributed by atoms with Crippen molar-refractivity contribution in [3.8, 4) is 16.4 Å². The molecule has 5 rings (SSSR count). The number of fused-ring (bicyclic) bond motifs is 1. The van der Waals surface area contributed by atoms with Crippen LogP contribution in [0.1, 0.15) is 21.7 Å². The number of anilines is 1. The summed E-state index contributed by atoms with van der Waals surface area (Å²) >= 11 is 0.811. The van der Waals surface area contributed by atoms with Crippen molar-refractivity contribution in [1.82, 2.24) is 25.6 Å². The summed E-state index contributed by atoms with van der Waals surface area (Å²) < 4.78 is 42.3. The number of halogens is 3. The first-order valence-corrected chi connectivity index (χ1v) is 12.1. The average Bonchev–Trinajstić information content (AvgIpc) is 3.56. The van der Waals surface area contributed by atoms with Crippen LogP contribution < -0.4 is 16.2 Å². The van der Waals surface area contributed by atoms with Crippen LogP contribution in [0.2, 0.25) is 0 Å². The number of nitrogens with one attached hydrogen (secondary N) is 3. The van der Waals surface area contributed by atoms with Crippen LogP contribution >= 0.6 is 11.3 Å². The van der Waals surface area contributed by atoms with Gasteiger partial charge in [-0.3, -0.25) is 10.2 Å². The van der Waals surface area contributed by atoms with Crippen molar-refractivity contribution in [2.45, 2.75) is 13.1 Å². The molecule has 0 radical (unpaired) electrons. The Bertz CT molecular complexity index is 1640. The van der Waals surface area contributed by atoms with Crippen LogP contribution in [0.4, 0.5) is 23.7 Å². The first-order valence-electron chi connectivity index (χ1n) is 11.2. The van der Waals surface area contributed by atoms with Gasteiger partial charge < -0.3 is 5.32 Å². The van der Waals surface area contributed by atoms with E-state index in [2.05, 4.69) is 26.3 Å². The number of hydrogen-bond acceptors (Lipinski definition) is 5. The van der Waals surface area contributed by atoms with Crippen LogP contribution in [0.25, 0.3) is 27.2 Å². The van der Waals surface area contributed by atoms with Gasteiger partial charge in [-0.15, -0.1) is 11.3 Å². The van der Waals surface area contributed by atoms with Crippen molar-refractivity contribution in [3.63, 3.8) is 0 Å². The summed E-state index contributed by atoms with van der Waals surface area (Å²) in [6.45, 7) is 1.90. The van der Waals surface area contributed by atoms with Gasteiger partial charge >= 0.3 is 12.2 Å². The zero-order valence-corrected chi connectivity index (χ0v) is 20.5. The van der Waals surface area contributed by atoms with Gasteiger partial charge in [-0.05, 0) is 42.0 Å². The highest BCUT2D eigenvalue weighted by molar-refractivity contribution is 7.12. The van der Waals surface area contributed by atoms with Crippen molar-refractivity contribution in [1.29, 1.82) is 0 Å². The quantitative estimate of drug-likeness (QED) is 0.247. The lowest BCUT2D eigenvalue weighted by Gasteiger charge is -2.08. The second-order valence-corrected chi connectivity index (χ2v) is 9.14. The van der Waals surface area contributed by atoms with Crippen LogP contribution in [-0.4, -0.2) is 26.7 Å². The summed E-state index contributed by atoms with van der Waals surface area (Å²) in [5.41, 5.74) is 5.29. The van der Waals surface area contributed by atoms with E-state index in [4.69, 9.17) is 0 Å². The smallest absolute Gasteiger partial charge is 0.307 e. The number of alkyl halides is 3. The van der Waals surface area contributed by atoms with Crippen molar-refractivity contribution in [2.24, 2.45) is 0 Å². The molecule has 3 aromatic carbocycles. The summed E-state index contributed by atoms with van der Waals surface area (Å²) in [7, 11) is 0. The van der Waals surface area contributed by atoms with Gasteiger partial charge in [0.1, 0.15) is 5.69 Å². The number of nitrogens with zero attached hydrogens (tertiary/aromatic N) is 3. The molecule has 38 heavy (non-hydrogen) atoms. The lowest BCUT2D eigenvalue weighted by molar-refractivity contribution is -0.142. The van der Waals surface area contributed by atoms with Crippen LogP contribution in [0.3, 0.4) is 0 Å². The minimum Gasteiger partial charge on any atom is -0.307 e. The van der Waals surface area contributed by atoms with E-state index in [1.807, 2.05) is 37.3 Å². The molecule has 0 spiro atoms. The van der Waals surface area contributed by atoms with Gasteiger partial charge in [-0.1, -0.05) is 54.1 Å². The maximum Gasteiger partial charge on any atom is 0.433 e. The zero-order valence-electron chi connectivity index (χ0n) is 19.7. The number of aromatic nitrogens is 3. The summed E-state index contributed by atoms with van der Waals surface area (Å²) in [4.78, 5) is 28.5. The number of aryl methyl sites for hydroxylation is 1. The van der Waals surface area contributed by atoms with Crippen molar-refractivity contribution < 1.29 is 22.8 Å². The molecular weight excluding hydrogens is 517 g/mol. The van der Waals surface area contributed by atoms with Crippen molar-refractivity contribution >= 4 is 39.7 Å². The molecule has 5 aromatic rings. The molecule has 12 heteroatoms. The fourth-order valence-electron chi connectivity index (χ4n) is 3.66. The van der Waals surface area contributed by atoms with Crippen LogP contribution in [0.5, 0.6) is 0 Å². The molecule has 0 bridgehead atoms. The average molecular weight is 537 g/mol. The maximum atomic E-state index is 13.9. The van der Waals surface area contributed by atoms with E-state index in [1.54, 1.807) is 36.4 Å². The molecule has 2 heterocycles. The molecule has 0 aliphatic rings. The molecule has 0 atom stereocenters. The topological polar surface area (TPSA) is 101 Å². The second kappa shape index (κ2) is 9.98. The summed E-state index contributed by atoms with van der Waals surface area (Å²) in [5, 5.41) is 9.63. The Labute approximate surface area is 218 Å². The third-order valence-corrected chi connectivity index (χ3v) is 6.37. The molecule has 0 fully saturated rings. The predicted molar refractivity (Wildman–Crippen MR) is 138 cm³/mol. The standard InChI is InChI=1S/C26H19F3N6O2S/c1-15-6-10-19(11-7-15)30-24(37)33-32-23(36)21-14-38-25(31-21)35-22(26(27,28)29)13-20(34-35)18-9-8-16-4-2-3-5-17(16)12-18/h2-14H,1H3,(H,32,36)(H2,30,33,37). The number of rotatable bonds is 4. The fraction of sp³-hybridized carbons (Fsp3) is 0.0769. The van der Waals surface area contributed by atoms with E-state index in [1.165, 1.54) is 5.38 Å². The van der Waals surface area contributed by atoms with Gasteiger partial charge in [0.2, 0.25) is 5.13 Å². The molecule has 8 nitrogen and oxygen atoms in total. The second-order valence-electron chi connectivity index (χ2n) is 8.30. The summed E-state index contributed by atoms with van der Waals surface area (Å²) in [6, 6.07) is 20.0. The van der Waals surface area contributed by atoms with Crippen LogP contribution in [0.15, 0.2) is 78.2 Å². The number of hydrogen-bond donors (Lipinski definition) is 3. The molecular formula is C26H19F3N6O2S. The SMILES string of the molecule is Cc1ccc(NC(=O)NNC(=O)c2csc(-n3nc(-c4ccc5ccccc5c4)cc3C(F)(F)F)n2)cc1. The number of benzene rings is 3. The highest BCUT2D eigenvalue weighted by Gasteiger charge is 2.37. The Morgan fingerprint density at radius 3 is 2.39 bits per heavy atom. The van der Waals surface area contributed by atoms with Gasteiger partial charge in [0, 0.05) is 16.6 Å². The number of hydrazine groups is 1. The Hall–Kier alpha value is -4.71. The number of carbonyl (C=O) groups is 2. The van der Waals surface area contributed by atoms with Crippen LogP contribution in [0, 0.1) is 6.92 Å². The Morgan fingerprint density at radius 2 is 1.66 bits per heavy atom. The van der Waals surface area contributed by atoms with E-state index in [9.17, 15) is 22.8 Å². The van der Waals surface area contributed by atoms with E-state index in [0.29, 0.717) is 15.9 Å². The number of amides is 3. The first kappa shape index (κ1) is 25.0. The number of carbonyl (C=O) groups excluding carboxylic acids is 2. The predicted octanol–water partition coefficient (Wildman–Crippen LogP) is 5.94. The molecule has 0 unspecified atom stereocenters. The minimum atomic E-state index is -4.72. The molecule has 3 amide bonds. The molecule has 0 aliphatic heterocycles.